The zero-order valence-corrected chi connectivity index (χ0v) is 11.8. The molecule has 0 radical (unpaired) electrons. The first-order chi connectivity index (χ1) is 7.86. The minimum atomic E-state index is 0.187. The molecule has 1 aromatic heterocycles. The zero-order chi connectivity index (χ0) is 13.1. The summed E-state index contributed by atoms with van der Waals surface area (Å²) in [6.45, 7) is 7.55. The van der Waals surface area contributed by atoms with Gasteiger partial charge in [0, 0.05) is 18.3 Å². The summed E-state index contributed by atoms with van der Waals surface area (Å²) >= 11 is 4.93. The van der Waals surface area contributed by atoms with E-state index >= 15 is 0 Å². The van der Waals surface area contributed by atoms with Gasteiger partial charge in [-0.25, -0.2) is 0 Å². The number of nitrogens with two attached hydrogens (primary N) is 1. The number of nitrogens with zero attached hydrogens (tertiary/aromatic N) is 2. The Labute approximate surface area is 109 Å². The monoisotopic (exact) mass is 251 g/mol. The second-order valence-electron chi connectivity index (χ2n) is 4.94. The average Bonchev–Trinajstić information content (AvgIpc) is 2.29. The molecule has 1 heterocycles. The molecule has 4 heteroatoms. The van der Waals surface area contributed by atoms with Gasteiger partial charge in [-0.1, -0.05) is 19.1 Å². The van der Waals surface area contributed by atoms with Crippen molar-refractivity contribution in [1.82, 2.24) is 9.88 Å². The van der Waals surface area contributed by atoms with Gasteiger partial charge < -0.3 is 5.73 Å². The fraction of sp³-hybridized carbons (Fsp3) is 0.538. The highest BCUT2D eigenvalue weighted by molar-refractivity contribution is 7.80. The van der Waals surface area contributed by atoms with Crippen molar-refractivity contribution in [1.29, 1.82) is 0 Å². The summed E-state index contributed by atoms with van der Waals surface area (Å²) in [6, 6.07) is 3.97. The van der Waals surface area contributed by atoms with Crippen LogP contribution in [0, 0.1) is 0 Å². The molecule has 1 aromatic rings. The van der Waals surface area contributed by atoms with E-state index in [2.05, 4.69) is 37.7 Å². The van der Waals surface area contributed by atoms with Crippen molar-refractivity contribution in [2.75, 3.05) is 7.05 Å². The van der Waals surface area contributed by atoms with E-state index in [-0.39, 0.29) is 5.54 Å². The Balaban J connectivity index is 2.82. The first-order valence-corrected chi connectivity index (χ1v) is 6.23. The fourth-order valence-electron chi connectivity index (χ4n) is 1.47. The second-order valence-corrected chi connectivity index (χ2v) is 5.38. The minimum absolute atomic E-state index is 0.187. The molecule has 0 bridgehead atoms. The van der Waals surface area contributed by atoms with Gasteiger partial charge >= 0.3 is 0 Å². The van der Waals surface area contributed by atoms with Gasteiger partial charge in [-0.15, -0.1) is 0 Å². The third-order valence-corrected chi connectivity index (χ3v) is 3.60. The van der Waals surface area contributed by atoms with Crippen molar-refractivity contribution in [3.05, 3.63) is 29.6 Å². The predicted octanol–water partition coefficient (Wildman–Crippen LogP) is 2.34. The standard InChI is InChI=1S/C13H21N3S/c1-5-13(2,3)16(4)9-10-6-7-15-11(8-10)12(14)17/h6-8H,5,9H2,1-4H3,(H2,14,17). The lowest BCUT2D eigenvalue weighted by Crippen LogP contribution is -2.39. The van der Waals surface area contributed by atoms with Gasteiger partial charge in [-0.2, -0.15) is 0 Å². The van der Waals surface area contributed by atoms with Crippen LogP contribution in [0.1, 0.15) is 38.4 Å². The number of aromatic nitrogens is 1. The summed E-state index contributed by atoms with van der Waals surface area (Å²) in [5.74, 6) is 0. The maximum atomic E-state index is 5.58. The van der Waals surface area contributed by atoms with Gasteiger partial charge in [-0.3, -0.25) is 9.88 Å². The predicted molar refractivity (Wildman–Crippen MR) is 76.0 cm³/mol. The highest BCUT2D eigenvalue weighted by atomic mass is 32.1. The lowest BCUT2D eigenvalue weighted by molar-refractivity contribution is 0.143. The quantitative estimate of drug-likeness (QED) is 0.816. The summed E-state index contributed by atoms with van der Waals surface area (Å²) < 4.78 is 0. The van der Waals surface area contributed by atoms with Crippen molar-refractivity contribution in [2.24, 2.45) is 5.73 Å². The largest absolute Gasteiger partial charge is 0.388 e. The van der Waals surface area contributed by atoms with Crippen molar-refractivity contribution in [3.63, 3.8) is 0 Å². The molecule has 0 fully saturated rings. The first-order valence-electron chi connectivity index (χ1n) is 5.83. The minimum Gasteiger partial charge on any atom is -0.388 e. The van der Waals surface area contributed by atoms with E-state index in [0.717, 1.165) is 13.0 Å². The first kappa shape index (κ1) is 14.1. The van der Waals surface area contributed by atoms with Crippen LogP contribution < -0.4 is 5.73 Å². The lowest BCUT2D eigenvalue weighted by Gasteiger charge is -2.34. The summed E-state index contributed by atoms with van der Waals surface area (Å²) in [7, 11) is 2.13. The van der Waals surface area contributed by atoms with E-state index in [1.54, 1.807) is 6.20 Å². The van der Waals surface area contributed by atoms with Crippen LogP contribution in [0.4, 0.5) is 0 Å². The van der Waals surface area contributed by atoms with Gasteiger partial charge in [0.15, 0.2) is 0 Å². The average molecular weight is 251 g/mol. The fourth-order valence-corrected chi connectivity index (χ4v) is 1.58. The topological polar surface area (TPSA) is 42.2 Å². The van der Waals surface area contributed by atoms with Crippen molar-refractivity contribution in [2.45, 2.75) is 39.3 Å². The summed E-state index contributed by atoms with van der Waals surface area (Å²) in [5.41, 5.74) is 7.65. The van der Waals surface area contributed by atoms with Crippen LogP contribution in [0.3, 0.4) is 0 Å². The smallest absolute Gasteiger partial charge is 0.122 e. The summed E-state index contributed by atoms with van der Waals surface area (Å²) in [5, 5.41) is 0. The van der Waals surface area contributed by atoms with E-state index in [4.69, 9.17) is 18.0 Å². The van der Waals surface area contributed by atoms with E-state index in [9.17, 15) is 0 Å². The van der Waals surface area contributed by atoms with Gasteiger partial charge in [0.2, 0.25) is 0 Å². The maximum absolute atomic E-state index is 5.58. The van der Waals surface area contributed by atoms with Crippen LogP contribution in [0.2, 0.25) is 0 Å². The molecule has 0 spiro atoms. The van der Waals surface area contributed by atoms with Gasteiger partial charge in [0.25, 0.3) is 0 Å². The Kier molecular flexibility index (Phi) is 4.60. The summed E-state index contributed by atoms with van der Waals surface area (Å²) in [6.07, 6.45) is 2.87. The number of thiocarbonyl (C=S) groups is 1. The van der Waals surface area contributed by atoms with Crippen molar-refractivity contribution >= 4 is 17.2 Å². The second kappa shape index (κ2) is 5.56. The third-order valence-electron chi connectivity index (χ3n) is 3.40. The molecule has 0 aliphatic carbocycles. The Morgan fingerprint density at radius 3 is 2.71 bits per heavy atom. The highest BCUT2D eigenvalue weighted by Gasteiger charge is 2.20. The molecule has 3 nitrogen and oxygen atoms in total. The summed E-state index contributed by atoms with van der Waals surface area (Å²) in [4.78, 5) is 6.82. The molecule has 0 amide bonds. The Hall–Kier alpha value is -1.00. The van der Waals surface area contributed by atoms with E-state index in [0.29, 0.717) is 10.7 Å². The van der Waals surface area contributed by atoms with Crippen LogP contribution >= 0.6 is 12.2 Å². The van der Waals surface area contributed by atoms with Crippen molar-refractivity contribution < 1.29 is 0 Å². The molecule has 0 aromatic carbocycles. The molecular weight excluding hydrogens is 230 g/mol. The van der Waals surface area contributed by atoms with Crippen LogP contribution in [-0.4, -0.2) is 27.5 Å². The molecule has 0 aliphatic rings. The molecule has 0 aliphatic heterocycles. The molecule has 2 N–H and O–H groups in total. The van der Waals surface area contributed by atoms with Crippen LogP contribution in [0.25, 0.3) is 0 Å². The van der Waals surface area contributed by atoms with Crippen LogP contribution in [-0.2, 0) is 6.54 Å². The number of rotatable bonds is 5. The van der Waals surface area contributed by atoms with E-state index < -0.39 is 0 Å². The van der Waals surface area contributed by atoms with E-state index in [1.165, 1.54) is 5.56 Å². The molecule has 0 unspecified atom stereocenters. The molecule has 94 valence electrons. The van der Waals surface area contributed by atoms with Crippen molar-refractivity contribution in [3.8, 4) is 0 Å². The molecule has 0 saturated carbocycles. The van der Waals surface area contributed by atoms with Gasteiger partial charge in [0.05, 0.1) is 5.69 Å². The molecule has 0 atom stereocenters. The Bertz CT molecular complexity index is 401. The number of hydrogen-bond donors (Lipinski definition) is 1. The van der Waals surface area contributed by atoms with Gasteiger partial charge in [0.1, 0.15) is 4.99 Å². The third kappa shape index (κ3) is 3.75. The number of hydrogen-bond acceptors (Lipinski definition) is 3. The van der Waals surface area contributed by atoms with E-state index in [1.807, 2.05) is 12.1 Å². The highest BCUT2D eigenvalue weighted by Crippen LogP contribution is 2.19. The Morgan fingerprint density at radius 2 is 2.18 bits per heavy atom. The molecular formula is C13H21N3S. The Morgan fingerprint density at radius 1 is 1.53 bits per heavy atom. The number of pyridine rings is 1. The van der Waals surface area contributed by atoms with Gasteiger partial charge in [-0.05, 0) is 45.0 Å². The maximum Gasteiger partial charge on any atom is 0.122 e. The zero-order valence-electron chi connectivity index (χ0n) is 11.0. The molecule has 0 saturated heterocycles. The lowest BCUT2D eigenvalue weighted by atomic mass is 9.99. The van der Waals surface area contributed by atoms with Crippen LogP contribution in [0.15, 0.2) is 18.3 Å². The molecule has 1 rings (SSSR count). The SMILES string of the molecule is CCC(C)(C)N(C)Cc1ccnc(C(N)=S)c1. The van der Waals surface area contributed by atoms with Crippen LogP contribution in [0.5, 0.6) is 0 Å². The molecule has 17 heavy (non-hydrogen) atoms. The normalized spacial score (nSPS) is 11.8.